The van der Waals surface area contributed by atoms with Gasteiger partial charge in [-0.25, -0.2) is 0 Å². The summed E-state index contributed by atoms with van der Waals surface area (Å²) in [5, 5.41) is 7.99. The standard InChI is InChI=1S/C13H12BrClN2O2/c14-6-5-13(18)16-8-11-7-12(19-17-11)9-1-3-10(15)4-2-9/h1-4,7H,5-6,8H2,(H,16,18). The number of amides is 1. The minimum atomic E-state index is -0.0204. The Hall–Kier alpha value is -1.33. The highest BCUT2D eigenvalue weighted by atomic mass is 79.9. The number of halogens is 2. The second-order valence-electron chi connectivity index (χ2n) is 3.91. The molecule has 0 spiro atoms. The van der Waals surface area contributed by atoms with Crippen LogP contribution in [0.1, 0.15) is 12.1 Å². The van der Waals surface area contributed by atoms with E-state index in [2.05, 4.69) is 26.4 Å². The van der Waals surface area contributed by atoms with Crippen molar-refractivity contribution in [3.8, 4) is 11.3 Å². The molecule has 0 bridgehead atoms. The van der Waals surface area contributed by atoms with Gasteiger partial charge in [-0.15, -0.1) is 0 Å². The van der Waals surface area contributed by atoms with Crippen molar-refractivity contribution >= 4 is 33.4 Å². The Kier molecular flexibility index (Phi) is 4.99. The van der Waals surface area contributed by atoms with Crippen LogP contribution in [0.25, 0.3) is 11.3 Å². The molecule has 0 radical (unpaired) electrons. The number of nitrogens with zero attached hydrogens (tertiary/aromatic N) is 1. The van der Waals surface area contributed by atoms with Crippen LogP contribution < -0.4 is 5.32 Å². The molecule has 0 saturated carbocycles. The number of nitrogens with one attached hydrogen (secondary N) is 1. The molecular formula is C13H12BrClN2O2. The monoisotopic (exact) mass is 342 g/mol. The van der Waals surface area contributed by atoms with Crippen LogP contribution in [0.4, 0.5) is 0 Å². The number of benzene rings is 1. The largest absolute Gasteiger partial charge is 0.356 e. The van der Waals surface area contributed by atoms with Gasteiger partial charge in [0.25, 0.3) is 0 Å². The van der Waals surface area contributed by atoms with E-state index in [1.54, 1.807) is 18.2 Å². The Morgan fingerprint density at radius 1 is 1.37 bits per heavy atom. The first-order valence-electron chi connectivity index (χ1n) is 5.73. The summed E-state index contributed by atoms with van der Waals surface area (Å²) in [6, 6.07) is 9.09. The van der Waals surface area contributed by atoms with Crippen molar-refractivity contribution in [1.29, 1.82) is 0 Å². The minimum Gasteiger partial charge on any atom is -0.356 e. The predicted molar refractivity (Wildman–Crippen MR) is 77.2 cm³/mol. The van der Waals surface area contributed by atoms with Gasteiger partial charge in [-0.3, -0.25) is 4.79 Å². The molecule has 2 rings (SSSR count). The first-order valence-corrected chi connectivity index (χ1v) is 7.23. The maximum absolute atomic E-state index is 11.3. The van der Waals surface area contributed by atoms with Crippen molar-refractivity contribution in [2.75, 3.05) is 5.33 Å². The molecule has 1 aromatic heterocycles. The van der Waals surface area contributed by atoms with Gasteiger partial charge in [0.15, 0.2) is 5.76 Å². The first-order chi connectivity index (χ1) is 9.19. The SMILES string of the molecule is O=C(CCBr)NCc1cc(-c2ccc(Cl)cc2)on1. The number of alkyl halides is 1. The molecule has 4 nitrogen and oxygen atoms in total. The van der Waals surface area contributed by atoms with Crippen LogP contribution in [0.5, 0.6) is 0 Å². The van der Waals surface area contributed by atoms with Crippen LogP contribution in [-0.2, 0) is 11.3 Å². The van der Waals surface area contributed by atoms with Gasteiger partial charge in [0.05, 0.1) is 6.54 Å². The van der Waals surface area contributed by atoms with Crippen LogP contribution in [0, 0.1) is 0 Å². The lowest BCUT2D eigenvalue weighted by molar-refractivity contribution is -0.120. The predicted octanol–water partition coefficient (Wildman–Crippen LogP) is 3.40. The average Bonchev–Trinajstić information content (AvgIpc) is 2.86. The Balaban J connectivity index is 1.99. The summed E-state index contributed by atoms with van der Waals surface area (Å²) in [5.74, 6) is 0.634. The number of hydrogen-bond acceptors (Lipinski definition) is 3. The molecule has 0 saturated heterocycles. The lowest BCUT2D eigenvalue weighted by Gasteiger charge is -1.99. The Labute approximate surface area is 124 Å². The summed E-state index contributed by atoms with van der Waals surface area (Å²) >= 11 is 9.03. The van der Waals surface area contributed by atoms with Crippen LogP contribution in [0.2, 0.25) is 5.02 Å². The van der Waals surface area contributed by atoms with Crippen molar-refractivity contribution in [2.24, 2.45) is 0 Å². The van der Waals surface area contributed by atoms with E-state index in [1.165, 1.54) is 0 Å². The van der Waals surface area contributed by atoms with Crippen molar-refractivity contribution < 1.29 is 9.32 Å². The molecule has 1 amide bonds. The molecule has 19 heavy (non-hydrogen) atoms. The van der Waals surface area contributed by atoms with Gasteiger partial charge in [0, 0.05) is 28.4 Å². The topological polar surface area (TPSA) is 55.1 Å². The van der Waals surface area contributed by atoms with Crippen molar-refractivity contribution in [3.05, 3.63) is 41.0 Å². The molecule has 1 aromatic carbocycles. The zero-order valence-electron chi connectivity index (χ0n) is 10.0. The third kappa shape index (κ3) is 4.08. The summed E-state index contributed by atoms with van der Waals surface area (Å²) < 4.78 is 5.23. The second-order valence-corrected chi connectivity index (χ2v) is 5.13. The van der Waals surface area contributed by atoms with E-state index in [-0.39, 0.29) is 5.91 Å². The zero-order valence-corrected chi connectivity index (χ0v) is 12.4. The summed E-state index contributed by atoms with van der Waals surface area (Å²) in [6.07, 6.45) is 0.446. The van der Waals surface area contributed by atoms with Crippen molar-refractivity contribution in [1.82, 2.24) is 10.5 Å². The molecule has 0 aliphatic heterocycles. The molecule has 100 valence electrons. The maximum atomic E-state index is 11.3. The van der Waals surface area contributed by atoms with Gasteiger partial charge < -0.3 is 9.84 Å². The first kappa shape index (κ1) is 14.1. The fourth-order valence-corrected chi connectivity index (χ4v) is 1.99. The van der Waals surface area contributed by atoms with Gasteiger partial charge in [-0.05, 0) is 24.3 Å². The van der Waals surface area contributed by atoms with Gasteiger partial charge in [0.2, 0.25) is 5.91 Å². The number of carbonyl (C=O) groups excluding carboxylic acids is 1. The van der Waals surface area contributed by atoms with Gasteiger partial charge >= 0.3 is 0 Å². The molecule has 0 fully saturated rings. The fraction of sp³-hybridized carbons (Fsp3) is 0.231. The van der Waals surface area contributed by atoms with E-state index in [0.717, 1.165) is 5.56 Å². The normalized spacial score (nSPS) is 10.4. The van der Waals surface area contributed by atoms with E-state index >= 15 is 0 Å². The molecule has 1 N–H and O–H groups in total. The summed E-state index contributed by atoms with van der Waals surface area (Å²) in [6.45, 7) is 0.364. The Morgan fingerprint density at radius 2 is 2.11 bits per heavy atom. The fourth-order valence-electron chi connectivity index (χ4n) is 1.51. The summed E-state index contributed by atoms with van der Waals surface area (Å²) in [4.78, 5) is 11.3. The molecule has 0 unspecified atom stereocenters. The van der Waals surface area contributed by atoms with E-state index in [9.17, 15) is 4.79 Å². The van der Waals surface area contributed by atoms with E-state index in [0.29, 0.717) is 34.8 Å². The summed E-state index contributed by atoms with van der Waals surface area (Å²) in [7, 11) is 0. The average molecular weight is 344 g/mol. The molecule has 0 aliphatic carbocycles. The van der Waals surface area contributed by atoms with E-state index in [4.69, 9.17) is 16.1 Å². The van der Waals surface area contributed by atoms with Crippen molar-refractivity contribution in [2.45, 2.75) is 13.0 Å². The smallest absolute Gasteiger partial charge is 0.221 e. The third-order valence-electron chi connectivity index (χ3n) is 2.48. The lowest BCUT2D eigenvalue weighted by atomic mass is 10.1. The van der Waals surface area contributed by atoms with E-state index < -0.39 is 0 Å². The Morgan fingerprint density at radius 3 is 2.79 bits per heavy atom. The molecule has 1 heterocycles. The third-order valence-corrected chi connectivity index (χ3v) is 3.12. The summed E-state index contributed by atoms with van der Waals surface area (Å²) in [5.41, 5.74) is 1.59. The highest BCUT2D eigenvalue weighted by Gasteiger charge is 2.07. The van der Waals surface area contributed by atoms with Crippen LogP contribution in [0.15, 0.2) is 34.9 Å². The number of aromatic nitrogens is 1. The quantitative estimate of drug-likeness (QED) is 0.847. The van der Waals surface area contributed by atoms with Crippen LogP contribution in [-0.4, -0.2) is 16.4 Å². The minimum absolute atomic E-state index is 0.0204. The molecule has 2 aromatic rings. The highest BCUT2D eigenvalue weighted by Crippen LogP contribution is 2.22. The molecule has 0 aliphatic rings. The molecular weight excluding hydrogens is 332 g/mol. The second kappa shape index (κ2) is 6.73. The number of hydrogen-bond donors (Lipinski definition) is 1. The zero-order chi connectivity index (χ0) is 13.7. The highest BCUT2D eigenvalue weighted by molar-refractivity contribution is 9.09. The van der Waals surface area contributed by atoms with Crippen molar-refractivity contribution in [3.63, 3.8) is 0 Å². The van der Waals surface area contributed by atoms with Crippen LogP contribution in [0.3, 0.4) is 0 Å². The number of rotatable bonds is 5. The van der Waals surface area contributed by atoms with Gasteiger partial charge in [0.1, 0.15) is 5.69 Å². The molecule has 0 atom stereocenters. The number of carbonyl (C=O) groups is 1. The Bertz CT molecular complexity index is 554. The molecule has 6 heteroatoms. The van der Waals surface area contributed by atoms with E-state index in [1.807, 2.05) is 12.1 Å². The maximum Gasteiger partial charge on any atom is 0.221 e. The van der Waals surface area contributed by atoms with Gasteiger partial charge in [-0.1, -0.05) is 32.7 Å². The lowest BCUT2D eigenvalue weighted by Crippen LogP contribution is -2.22. The van der Waals surface area contributed by atoms with Gasteiger partial charge in [-0.2, -0.15) is 0 Å². The van der Waals surface area contributed by atoms with Crippen LogP contribution >= 0.6 is 27.5 Å².